The van der Waals surface area contributed by atoms with Gasteiger partial charge in [-0.1, -0.05) is 41.0 Å². The first-order valence-electron chi connectivity index (χ1n) is 15.1. The maximum Gasteiger partial charge on any atom is 1.00 e. The third-order valence-corrected chi connectivity index (χ3v) is 12.7. The Morgan fingerprint density at radius 3 is 2.15 bits per heavy atom. The van der Waals surface area contributed by atoms with Crippen LogP contribution in [-0.4, -0.2) is 85.8 Å². The van der Waals surface area contributed by atoms with E-state index in [2.05, 4.69) is 4.18 Å². The van der Waals surface area contributed by atoms with E-state index < -0.39 is 68.7 Å². The zero-order valence-corrected chi connectivity index (χ0v) is 28.4. The third kappa shape index (κ3) is 6.11. The van der Waals surface area contributed by atoms with Gasteiger partial charge in [0.05, 0.1) is 42.2 Å². The van der Waals surface area contributed by atoms with Gasteiger partial charge >= 0.3 is 29.6 Å². The Bertz CT molecular complexity index is 1030. The quantitative estimate of drug-likeness (QED) is 0.104. The average Bonchev–Trinajstić information content (AvgIpc) is 3.02. The first kappa shape index (κ1) is 36.1. The van der Waals surface area contributed by atoms with Crippen LogP contribution in [0.4, 0.5) is 0 Å². The van der Waals surface area contributed by atoms with Crippen molar-refractivity contribution in [2.45, 2.75) is 128 Å². The summed E-state index contributed by atoms with van der Waals surface area (Å²) in [5, 5.41) is 68.7. The van der Waals surface area contributed by atoms with Gasteiger partial charge in [0.15, 0.2) is 0 Å². The van der Waals surface area contributed by atoms with Crippen molar-refractivity contribution in [2.75, 3.05) is 6.61 Å². The Morgan fingerprint density at radius 2 is 1.56 bits per heavy atom. The molecule has 4 saturated carbocycles. The Labute approximate surface area is 267 Å². The number of aliphatic hydroxyl groups is 6. The van der Waals surface area contributed by atoms with Crippen LogP contribution in [0.2, 0.25) is 0 Å². The van der Waals surface area contributed by atoms with E-state index in [1.807, 2.05) is 34.6 Å². The number of fused-ring (bicyclic) bond motifs is 5. The summed E-state index contributed by atoms with van der Waals surface area (Å²) in [6, 6.07) is 0. The monoisotopic (exact) mass is 614 g/mol. The molecule has 234 valence electrons. The molecule has 0 aromatic carbocycles. The van der Waals surface area contributed by atoms with Gasteiger partial charge in [-0.25, -0.2) is 8.42 Å². The number of rotatable bonds is 9. The van der Waals surface area contributed by atoms with Gasteiger partial charge in [-0.2, -0.15) is 0 Å². The van der Waals surface area contributed by atoms with Crippen LogP contribution in [0.1, 0.15) is 92.4 Å². The number of hydrogen-bond donors (Lipinski definition) is 6. The first-order valence-corrected chi connectivity index (χ1v) is 16.4. The van der Waals surface area contributed by atoms with Crippen molar-refractivity contribution in [2.24, 2.45) is 46.3 Å². The van der Waals surface area contributed by atoms with Crippen molar-refractivity contribution >= 4 is 10.4 Å². The Kier molecular flexibility index (Phi) is 11.0. The molecule has 10 nitrogen and oxygen atoms in total. The molecule has 6 N–H and O–H groups in total. The van der Waals surface area contributed by atoms with E-state index in [9.17, 15) is 43.6 Å². The van der Waals surface area contributed by atoms with Crippen molar-refractivity contribution in [3.8, 4) is 0 Å². The second-order valence-corrected chi connectivity index (χ2v) is 15.7. The molecule has 0 spiro atoms. The molecule has 13 atom stereocenters. The Hall–Kier alpha value is 0.630. The van der Waals surface area contributed by atoms with E-state index in [0.717, 1.165) is 6.42 Å². The van der Waals surface area contributed by atoms with Crippen molar-refractivity contribution in [1.29, 1.82) is 0 Å². The standard InChI is InChI=1S/C29H52O10S.Na/c1-16(2)18(10-13-39-40(36,37)38)7-6-17(3)22-23(32)24(33)25-26(22,4)11-9-20-27(5)12-8-19(30)14-29(27,35)21(31)15-28(20,25)34;/h16-25,30-35H,6-15H2,1-5H3,(H,36,37,38);/q;+1/p-1/t17-,18-,19+,20?,21-,22+,23-,24+,25?,26-,27-,28+,29+;/m1./s1. The molecule has 41 heavy (non-hydrogen) atoms. The summed E-state index contributed by atoms with van der Waals surface area (Å²) < 4.78 is 37.0. The summed E-state index contributed by atoms with van der Waals surface area (Å²) in [5.41, 5.74) is -4.49. The van der Waals surface area contributed by atoms with Gasteiger partial charge in [0.25, 0.3) is 0 Å². The van der Waals surface area contributed by atoms with Gasteiger partial charge in [0, 0.05) is 24.2 Å². The van der Waals surface area contributed by atoms with Gasteiger partial charge in [0.1, 0.15) is 0 Å². The summed E-state index contributed by atoms with van der Waals surface area (Å²) >= 11 is 0. The molecule has 12 heteroatoms. The third-order valence-electron chi connectivity index (χ3n) is 12.3. The molecule has 2 unspecified atom stereocenters. The SMILES string of the molecule is CC(C)[C@@H](CCOS(=O)(=O)[O-])CC[C@@H](C)[C@H]1[C@@H](O)[C@H](O)C2[C@]3(O)C[C@@H](O)[C@@]4(O)C[C@@H](O)CC[C@]4(C)C3CC[C@@]21C.[Na+]. The summed E-state index contributed by atoms with van der Waals surface area (Å²) in [6.45, 7) is 9.85. The molecule has 0 aromatic rings. The minimum absolute atomic E-state index is 0. The molecular weight excluding hydrogens is 563 g/mol. The van der Waals surface area contributed by atoms with Crippen molar-refractivity contribution < 1.29 is 77.4 Å². The van der Waals surface area contributed by atoms with Gasteiger partial charge in [0.2, 0.25) is 10.4 Å². The normalized spacial score (nSPS) is 47.6. The van der Waals surface area contributed by atoms with E-state index >= 15 is 0 Å². The minimum atomic E-state index is -4.74. The fraction of sp³-hybridized carbons (Fsp3) is 1.00. The zero-order valence-electron chi connectivity index (χ0n) is 25.6. The van der Waals surface area contributed by atoms with Crippen LogP contribution in [-0.2, 0) is 14.6 Å². The first-order chi connectivity index (χ1) is 18.3. The van der Waals surface area contributed by atoms with Crippen LogP contribution in [0.15, 0.2) is 0 Å². The van der Waals surface area contributed by atoms with Crippen LogP contribution in [0.3, 0.4) is 0 Å². The van der Waals surface area contributed by atoms with E-state index in [1.54, 1.807) is 0 Å². The van der Waals surface area contributed by atoms with Gasteiger partial charge < -0.3 is 35.2 Å². The maximum absolute atomic E-state index is 12.4. The van der Waals surface area contributed by atoms with Crippen molar-refractivity contribution in [3.05, 3.63) is 0 Å². The molecule has 0 aliphatic heterocycles. The summed E-state index contributed by atoms with van der Waals surface area (Å²) in [6.07, 6.45) is -0.376. The summed E-state index contributed by atoms with van der Waals surface area (Å²) in [4.78, 5) is 0. The largest absolute Gasteiger partial charge is 1.00 e. The molecule has 0 saturated heterocycles. The van der Waals surface area contributed by atoms with E-state index in [0.29, 0.717) is 38.5 Å². The van der Waals surface area contributed by atoms with Crippen LogP contribution in [0.5, 0.6) is 0 Å². The van der Waals surface area contributed by atoms with E-state index in [1.165, 1.54) is 0 Å². The molecule has 0 heterocycles. The molecular formula is C29H51NaO10S. The van der Waals surface area contributed by atoms with Crippen LogP contribution in [0.25, 0.3) is 0 Å². The van der Waals surface area contributed by atoms with Gasteiger partial charge in [-0.3, -0.25) is 4.18 Å². The van der Waals surface area contributed by atoms with Crippen LogP contribution >= 0.6 is 0 Å². The average molecular weight is 615 g/mol. The van der Waals surface area contributed by atoms with E-state index in [-0.39, 0.29) is 72.7 Å². The molecule has 4 rings (SSSR count). The molecule has 0 radical (unpaired) electrons. The fourth-order valence-electron chi connectivity index (χ4n) is 10.3. The van der Waals surface area contributed by atoms with E-state index in [4.69, 9.17) is 0 Å². The molecule has 4 fully saturated rings. The topological polar surface area (TPSA) is 188 Å². The summed E-state index contributed by atoms with van der Waals surface area (Å²) in [5.74, 6) is -1.12. The fourth-order valence-corrected chi connectivity index (χ4v) is 10.6. The molecule has 0 aromatic heterocycles. The van der Waals surface area contributed by atoms with Crippen LogP contribution < -0.4 is 29.6 Å². The second kappa shape index (κ2) is 12.4. The predicted octanol–water partition coefficient (Wildman–Crippen LogP) is -1.29. The zero-order chi connectivity index (χ0) is 30.1. The number of hydrogen-bond acceptors (Lipinski definition) is 10. The minimum Gasteiger partial charge on any atom is -0.726 e. The number of aliphatic hydroxyl groups excluding tert-OH is 4. The smallest absolute Gasteiger partial charge is 0.726 e. The van der Waals surface area contributed by atoms with Crippen LogP contribution in [0, 0.1) is 46.3 Å². The van der Waals surface area contributed by atoms with Gasteiger partial charge in [-0.05, 0) is 73.5 Å². The predicted molar refractivity (Wildman–Crippen MR) is 145 cm³/mol. The molecule has 4 aliphatic carbocycles. The van der Waals surface area contributed by atoms with Crippen molar-refractivity contribution in [1.82, 2.24) is 0 Å². The van der Waals surface area contributed by atoms with Gasteiger partial charge in [-0.15, -0.1) is 0 Å². The Morgan fingerprint density at radius 1 is 0.927 bits per heavy atom. The molecule has 4 aliphatic rings. The van der Waals surface area contributed by atoms with Crippen molar-refractivity contribution in [3.63, 3.8) is 0 Å². The second-order valence-electron chi connectivity index (χ2n) is 14.6. The molecule has 0 amide bonds. The maximum atomic E-state index is 12.4. The molecule has 0 bridgehead atoms. The Balaban J connectivity index is 0.00000462. The summed E-state index contributed by atoms with van der Waals surface area (Å²) in [7, 11) is -4.74.